The maximum Gasteiger partial charge on any atom is 0.325 e. The summed E-state index contributed by atoms with van der Waals surface area (Å²) < 4.78 is 49.6. The maximum absolute atomic E-state index is 13.9. The number of hydrogen-bond donors (Lipinski definition) is 0. The molecule has 0 bridgehead atoms. The molecule has 3 rings (SSSR count). The fourth-order valence-corrected chi connectivity index (χ4v) is 7.28. The van der Waals surface area contributed by atoms with E-state index < -0.39 is 38.0 Å². The van der Waals surface area contributed by atoms with E-state index in [2.05, 4.69) is 3.77 Å². The van der Waals surface area contributed by atoms with Crippen molar-refractivity contribution >= 4 is 25.9 Å². The molecule has 7 nitrogen and oxygen atoms in total. The smallest absolute Gasteiger partial charge is 0.325 e. The van der Waals surface area contributed by atoms with Gasteiger partial charge in [-0.25, -0.2) is 4.21 Å². The van der Waals surface area contributed by atoms with Crippen LogP contribution in [-0.4, -0.2) is 42.1 Å². The van der Waals surface area contributed by atoms with Gasteiger partial charge in [0.1, 0.15) is 6.04 Å². The highest BCUT2D eigenvalue weighted by Gasteiger charge is 2.57. The van der Waals surface area contributed by atoms with E-state index in [1.165, 1.54) is 23.5 Å². The van der Waals surface area contributed by atoms with Crippen LogP contribution in [0.2, 0.25) is 0 Å². The van der Waals surface area contributed by atoms with E-state index in [4.69, 9.17) is 4.74 Å². The first-order chi connectivity index (χ1) is 13.1. The van der Waals surface area contributed by atoms with Crippen molar-refractivity contribution in [3.05, 3.63) is 59.7 Å². The minimum atomic E-state index is -4.22. The van der Waals surface area contributed by atoms with Crippen LogP contribution < -0.4 is 0 Å². The van der Waals surface area contributed by atoms with E-state index in [0.717, 1.165) is 11.1 Å². The molecule has 1 heterocycles. The topological polar surface area (TPSA) is 92.9 Å². The number of carbonyl (C=O) groups excluding carboxylic acids is 1. The molecule has 28 heavy (non-hydrogen) atoms. The molecule has 1 aliphatic heterocycles. The van der Waals surface area contributed by atoms with Crippen molar-refractivity contribution < 1.29 is 22.2 Å². The quantitative estimate of drug-likeness (QED) is 0.546. The van der Waals surface area contributed by atoms with Gasteiger partial charge in [-0.1, -0.05) is 39.2 Å². The summed E-state index contributed by atoms with van der Waals surface area (Å²) in [7, 11) is -6.58. The second kappa shape index (κ2) is 7.31. The maximum atomic E-state index is 13.9. The van der Waals surface area contributed by atoms with Crippen LogP contribution in [0.5, 0.6) is 0 Å². The predicted molar refractivity (Wildman–Crippen MR) is 105 cm³/mol. The van der Waals surface area contributed by atoms with Crippen molar-refractivity contribution in [3.8, 4) is 0 Å². The normalized spacial score (nSPS) is 23.5. The first kappa shape index (κ1) is 20.5. The van der Waals surface area contributed by atoms with Crippen molar-refractivity contribution in [1.82, 2.24) is 4.31 Å². The van der Waals surface area contributed by atoms with E-state index in [1.807, 2.05) is 13.8 Å². The van der Waals surface area contributed by atoms with Crippen molar-refractivity contribution in [3.63, 3.8) is 0 Å². The zero-order chi connectivity index (χ0) is 20.7. The molecule has 2 aromatic carbocycles. The number of nitrogens with zero attached hydrogens (tertiary/aromatic N) is 2. The average Bonchev–Trinajstić information content (AvgIpc) is 3.33. The van der Waals surface area contributed by atoms with Gasteiger partial charge in [-0.3, -0.25) is 4.79 Å². The third-order valence-electron chi connectivity index (χ3n) is 4.62. The Bertz CT molecular complexity index is 1120. The molecule has 1 aliphatic rings. The minimum absolute atomic E-state index is 0.0537. The fraction of sp³-hybridized carbons (Fsp3) is 0.316. The third kappa shape index (κ3) is 3.69. The lowest BCUT2D eigenvalue weighted by Crippen LogP contribution is -2.21. The highest BCUT2D eigenvalue weighted by Crippen LogP contribution is 2.39. The molecule has 0 spiro atoms. The first-order valence-electron chi connectivity index (χ1n) is 8.63. The van der Waals surface area contributed by atoms with E-state index in [-0.39, 0.29) is 9.79 Å². The Balaban J connectivity index is 2.18. The SMILES string of the molecule is COC(=O)[C@@H]1[C@@H](C)N1S(=O)(=NS(=O)(=O)c1ccc(C)cc1)c1ccc(C)cc1. The zero-order valence-electron chi connectivity index (χ0n) is 16.0. The highest BCUT2D eigenvalue weighted by molar-refractivity contribution is 8.02. The Kier molecular flexibility index (Phi) is 5.35. The Labute approximate surface area is 165 Å². The molecular weight excluding hydrogens is 400 g/mol. The summed E-state index contributed by atoms with van der Waals surface area (Å²) in [6.07, 6.45) is 0. The molecule has 1 fully saturated rings. The molecule has 0 radical (unpaired) electrons. The van der Waals surface area contributed by atoms with E-state index in [1.54, 1.807) is 43.3 Å². The lowest BCUT2D eigenvalue weighted by molar-refractivity contribution is -0.140. The van der Waals surface area contributed by atoms with Gasteiger partial charge in [-0.2, -0.15) is 12.7 Å². The Morgan fingerprint density at radius 2 is 1.39 bits per heavy atom. The van der Waals surface area contributed by atoms with Crippen LogP contribution in [0.15, 0.2) is 62.1 Å². The Morgan fingerprint density at radius 3 is 1.86 bits per heavy atom. The molecule has 0 saturated carbocycles. The second-order valence-electron chi connectivity index (χ2n) is 6.74. The summed E-state index contributed by atoms with van der Waals surface area (Å²) in [6, 6.07) is 11.5. The minimum Gasteiger partial charge on any atom is -0.468 e. The largest absolute Gasteiger partial charge is 0.468 e. The van der Waals surface area contributed by atoms with Crippen LogP contribution >= 0.6 is 0 Å². The van der Waals surface area contributed by atoms with Crippen LogP contribution in [0.1, 0.15) is 18.1 Å². The summed E-state index contributed by atoms with van der Waals surface area (Å²) in [4.78, 5) is 12.2. The van der Waals surface area contributed by atoms with Crippen molar-refractivity contribution in [1.29, 1.82) is 0 Å². The molecule has 150 valence electrons. The average molecular weight is 423 g/mol. The Hall–Kier alpha value is -2.23. The van der Waals surface area contributed by atoms with Gasteiger partial charge in [-0.15, -0.1) is 0 Å². The summed E-state index contributed by atoms with van der Waals surface area (Å²) in [5.74, 6) is -0.574. The number of hydrogen-bond acceptors (Lipinski definition) is 5. The molecular formula is C19H22N2O5S2. The van der Waals surface area contributed by atoms with Gasteiger partial charge >= 0.3 is 5.97 Å². The summed E-state index contributed by atoms with van der Waals surface area (Å²) in [5.41, 5.74) is 1.82. The molecule has 0 amide bonds. The van der Waals surface area contributed by atoms with Crippen molar-refractivity contribution in [2.24, 2.45) is 3.77 Å². The molecule has 1 saturated heterocycles. The summed E-state index contributed by atoms with van der Waals surface area (Å²) >= 11 is 0. The molecule has 2 aromatic rings. The van der Waals surface area contributed by atoms with Crippen molar-refractivity contribution in [2.75, 3.05) is 7.11 Å². The monoisotopic (exact) mass is 422 g/mol. The molecule has 9 heteroatoms. The van der Waals surface area contributed by atoms with Gasteiger partial charge in [0, 0.05) is 6.04 Å². The van der Waals surface area contributed by atoms with E-state index in [0.29, 0.717) is 0 Å². The third-order valence-corrected chi connectivity index (χ3v) is 9.10. The second-order valence-corrected chi connectivity index (χ2v) is 10.6. The molecule has 0 N–H and O–H groups in total. The van der Waals surface area contributed by atoms with Crippen LogP contribution in [0, 0.1) is 13.8 Å². The molecule has 4 atom stereocenters. The van der Waals surface area contributed by atoms with Crippen LogP contribution in [-0.2, 0) is 29.5 Å². The number of sulfonamides is 1. The number of rotatable bonds is 5. The standard InChI is InChI=1S/C19H22N2O5S2/c1-13-5-9-16(10-6-13)27(23,21-15(3)18(21)19(22)26-4)20-28(24,25)17-11-7-14(2)8-12-17/h5-12,15,18H,1-4H3/t15-,18+,21?,27?/m1/s1. The lowest BCUT2D eigenvalue weighted by atomic mass is 10.2. The van der Waals surface area contributed by atoms with Gasteiger partial charge in [0.15, 0.2) is 9.92 Å². The summed E-state index contributed by atoms with van der Waals surface area (Å²) in [5, 5.41) is 0. The number of methoxy groups -OCH3 is 1. The number of ether oxygens (including phenoxy) is 1. The Morgan fingerprint density at radius 1 is 0.929 bits per heavy atom. The number of aryl methyl sites for hydroxylation is 2. The zero-order valence-corrected chi connectivity index (χ0v) is 17.7. The summed E-state index contributed by atoms with van der Waals surface area (Å²) in [6.45, 7) is 5.38. The van der Waals surface area contributed by atoms with Crippen LogP contribution in [0.3, 0.4) is 0 Å². The van der Waals surface area contributed by atoms with Crippen molar-refractivity contribution in [2.45, 2.75) is 42.6 Å². The molecule has 0 aromatic heterocycles. The van der Waals surface area contributed by atoms with E-state index in [9.17, 15) is 17.4 Å². The van der Waals surface area contributed by atoms with E-state index >= 15 is 0 Å². The number of esters is 1. The van der Waals surface area contributed by atoms with Gasteiger partial charge in [0.2, 0.25) is 0 Å². The van der Waals surface area contributed by atoms with Gasteiger partial charge in [-0.05, 0) is 45.0 Å². The number of carbonyl (C=O) groups is 1. The number of benzene rings is 2. The highest BCUT2D eigenvalue weighted by atomic mass is 32.3. The molecule has 0 aliphatic carbocycles. The van der Waals surface area contributed by atoms with Crippen LogP contribution in [0.25, 0.3) is 0 Å². The van der Waals surface area contributed by atoms with Gasteiger partial charge in [0.25, 0.3) is 10.0 Å². The molecule has 2 unspecified atom stereocenters. The van der Waals surface area contributed by atoms with Crippen LogP contribution in [0.4, 0.5) is 0 Å². The lowest BCUT2D eigenvalue weighted by Gasteiger charge is -2.13. The van der Waals surface area contributed by atoms with Gasteiger partial charge in [0.05, 0.1) is 16.9 Å². The fourth-order valence-electron chi connectivity index (χ4n) is 2.93. The van der Waals surface area contributed by atoms with Gasteiger partial charge < -0.3 is 4.74 Å². The predicted octanol–water partition coefficient (Wildman–Crippen LogP) is 2.68. The first-order valence-corrected chi connectivity index (χ1v) is 11.5.